The van der Waals surface area contributed by atoms with Gasteiger partial charge in [-0.25, -0.2) is 4.39 Å². The van der Waals surface area contributed by atoms with E-state index in [1.54, 1.807) is 6.92 Å². The highest BCUT2D eigenvalue weighted by Gasteiger charge is 2.39. The largest absolute Gasteiger partial charge is 0.492 e. The summed E-state index contributed by atoms with van der Waals surface area (Å²) in [7, 11) is -1.26. The maximum Gasteiger partial charge on any atom is 0.492 e. The van der Waals surface area contributed by atoms with Crippen molar-refractivity contribution < 1.29 is 28.1 Å². The third-order valence-electron chi connectivity index (χ3n) is 2.83. The summed E-state index contributed by atoms with van der Waals surface area (Å²) in [6, 6.07) is 2.75. The van der Waals surface area contributed by atoms with Crippen LogP contribution in [-0.4, -0.2) is 24.7 Å². The van der Waals surface area contributed by atoms with Crippen molar-refractivity contribution in [3.05, 3.63) is 23.5 Å². The molecular weight excluding hydrogens is 400 g/mol. The van der Waals surface area contributed by atoms with E-state index < -0.39 is 25.0 Å². The van der Waals surface area contributed by atoms with Crippen molar-refractivity contribution in [3.63, 3.8) is 0 Å². The van der Waals surface area contributed by atoms with E-state index in [9.17, 15) is 14.2 Å². The first-order valence-corrected chi connectivity index (χ1v) is 9.94. The van der Waals surface area contributed by atoms with Crippen LogP contribution < -0.4 is 9.99 Å². The average Bonchev–Trinajstić information content (AvgIpc) is 2.67. The highest BCUT2D eigenvalue weighted by atomic mass is 127. The summed E-state index contributed by atoms with van der Waals surface area (Å²) in [5.41, 5.74) is 0.485. The summed E-state index contributed by atoms with van der Waals surface area (Å²) in [4.78, 5) is 11.5. The molecule has 108 valence electrons. The van der Waals surface area contributed by atoms with E-state index in [0.717, 1.165) is 0 Å². The molecule has 0 aliphatic carbocycles. The molecule has 1 aliphatic heterocycles. The van der Waals surface area contributed by atoms with Crippen LogP contribution >= 0.6 is 28.5 Å². The number of benzene rings is 1. The SMILES string of the molecule is CCOC(=O)CC1OB(O)c2cc(OPI)cc(F)c21. The normalized spacial score (nSPS) is 17.6. The first-order valence-electron chi connectivity index (χ1n) is 5.91. The first-order chi connectivity index (χ1) is 9.56. The minimum atomic E-state index is -1.26. The minimum Gasteiger partial charge on any atom is -0.467 e. The van der Waals surface area contributed by atoms with Crippen molar-refractivity contribution >= 4 is 47.0 Å². The molecule has 9 heteroatoms. The van der Waals surface area contributed by atoms with Gasteiger partial charge >= 0.3 is 13.1 Å². The first kappa shape index (κ1) is 15.9. The molecule has 5 nitrogen and oxygen atoms in total. The zero-order valence-electron chi connectivity index (χ0n) is 10.6. The van der Waals surface area contributed by atoms with Crippen LogP contribution in [-0.2, 0) is 14.2 Å². The van der Waals surface area contributed by atoms with Gasteiger partial charge in [0.2, 0.25) is 0 Å². The van der Waals surface area contributed by atoms with Gasteiger partial charge in [-0.3, -0.25) is 4.79 Å². The summed E-state index contributed by atoms with van der Waals surface area (Å²) in [6.45, 7) is 2.06. The van der Waals surface area contributed by atoms with E-state index in [4.69, 9.17) is 13.9 Å². The Bertz CT molecular complexity index is 518. The van der Waals surface area contributed by atoms with Gasteiger partial charge in [-0.15, -0.1) is 0 Å². The molecule has 0 spiro atoms. The molecule has 0 fully saturated rings. The predicted octanol–water partition coefficient (Wildman–Crippen LogP) is 1.86. The van der Waals surface area contributed by atoms with Crippen molar-refractivity contribution in [3.8, 4) is 5.75 Å². The Balaban J connectivity index is 2.26. The van der Waals surface area contributed by atoms with Gasteiger partial charge in [-0.05, 0) is 40.5 Å². The fourth-order valence-corrected chi connectivity index (χ4v) is 3.05. The number of ether oxygens (including phenoxy) is 1. The number of fused-ring (bicyclic) bond motifs is 1. The number of carbonyl (C=O) groups excluding carboxylic acids is 1. The van der Waals surface area contributed by atoms with Gasteiger partial charge < -0.3 is 18.9 Å². The van der Waals surface area contributed by atoms with Crippen LogP contribution in [0.5, 0.6) is 5.75 Å². The predicted molar refractivity (Wildman–Crippen MR) is 82.0 cm³/mol. The Morgan fingerprint density at radius 2 is 2.40 bits per heavy atom. The number of carbonyl (C=O) groups is 1. The second kappa shape index (κ2) is 7.02. The van der Waals surface area contributed by atoms with Crippen molar-refractivity contribution in [2.45, 2.75) is 19.4 Å². The molecule has 1 aliphatic rings. The number of esters is 1. The number of rotatable bonds is 5. The number of hydrogen-bond donors (Lipinski definition) is 1. The van der Waals surface area contributed by atoms with Crippen molar-refractivity contribution in [1.82, 2.24) is 0 Å². The molecule has 20 heavy (non-hydrogen) atoms. The van der Waals surface area contributed by atoms with Crippen LogP contribution in [0.4, 0.5) is 4.39 Å². The number of halogens is 2. The van der Waals surface area contributed by atoms with Crippen LogP contribution in [0, 0.1) is 5.82 Å². The maximum atomic E-state index is 14.1. The van der Waals surface area contributed by atoms with Crippen molar-refractivity contribution in [2.75, 3.05) is 6.61 Å². The maximum absolute atomic E-state index is 14.1. The molecule has 1 N–H and O–H groups in total. The standard InChI is InChI=1S/C11H12BFIO5P/c1-2-17-10(15)5-9-11-7(12(16)18-9)3-6(19-20-14)4-8(11)13/h3-4,9,16,20H,2,5H2,1H3. The van der Waals surface area contributed by atoms with Gasteiger partial charge in [0, 0.05) is 11.6 Å². The lowest BCUT2D eigenvalue weighted by Gasteiger charge is -2.12. The quantitative estimate of drug-likeness (QED) is 0.347. The second-order valence-corrected chi connectivity index (χ2v) is 5.75. The Kier molecular flexibility index (Phi) is 5.60. The third-order valence-corrected chi connectivity index (χ3v) is 3.80. The molecule has 2 unspecified atom stereocenters. The molecule has 0 radical (unpaired) electrons. The molecule has 0 saturated carbocycles. The highest BCUT2D eigenvalue weighted by Crippen LogP contribution is 2.34. The van der Waals surface area contributed by atoms with Gasteiger partial charge in [0.05, 0.1) is 19.1 Å². The van der Waals surface area contributed by atoms with Gasteiger partial charge in [0.1, 0.15) is 18.0 Å². The lowest BCUT2D eigenvalue weighted by atomic mass is 9.79. The second-order valence-electron chi connectivity index (χ2n) is 4.07. The molecule has 1 heterocycles. The van der Waals surface area contributed by atoms with Gasteiger partial charge in [0.25, 0.3) is 0 Å². The Labute approximate surface area is 130 Å². The fourth-order valence-electron chi connectivity index (χ4n) is 2.08. The molecule has 0 aromatic heterocycles. The van der Waals surface area contributed by atoms with Crippen LogP contribution in [0.3, 0.4) is 0 Å². The van der Waals surface area contributed by atoms with E-state index in [1.807, 2.05) is 22.0 Å². The Morgan fingerprint density at radius 3 is 3.05 bits per heavy atom. The van der Waals surface area contributed by atoms with E-state index in [0.29, 0.717) is 11.2 Å². The van der Waals surface area contributed by atoms with Crippen molar-refractivity contribution in [1.29, 1.82) is 0 Å². The van der Waals surface area contributed by atoms with Crippen LogP contribution in [0.1, 0.15) is 25.0 Å². The molecule has 2 rings (SSSR count). The minimum absolute atomic E-state index is 0.135. The monoisotopic (exact) mass is 412 g/mol. The van der Waals surface area contributed by atoms with Crippen molar-refractivity contribution in [2.24, 2.45) is 0 Å². The topological polar surface area (TPSA) is 65.0 Å². The summed E-state index contributed by atoms with van der Waals surface area (Å²) < 4.78 is 29.4. The highest BCUT2D eigenvalue weighted by molar-refractivity contribution is 14.2. The van der Waals surface area contributed by atoms with Crippen LogP contribution in [0.15, 0.2) is 12.1 Å². The Hall–Kier alpha value is -0.435. The van der Waals surface area contributed by atoms with E-state index >= 15 is 0 Å². The van der Waals surface area contributed by atoms with Gasteiger partial charge in [-0.2, -0.15) is 0 Å². The smallest absolute Gasteiger partial charge is 0.467 e. The lowest BCUT2D eigenvalue weighted by molar-refractivity contribution is -0.145. The molecule has 0 bridgehead atoms. The molecule has 0 saturated heterocycles. The zero-order chi connectivity index (χ0) is 14.7. The third kappa shape index (κ3) is 3.42. The summed E-state index contributed by atoms with van der Waals surface area (Å²) >= 11 is 2.01. The molecule has 0 amide bonds. The number of hydrogen-bond acceptors (Lipinski definition) is 5. The van der Waals surface area contributed by atoms with E-state index in [1.165, 1.54) is 12.1 Å². The lowest BCUT2D eigenvalue weighted by Crippen LogP contribution is -2.28. The van der Waals surface area contributed by atoms with Gasteiger partial charge in [0.15, 0.2) is 0 Å². The van der Waals surface area contributed by atoms with E-state index in [2.05, 4.69) is 0 Å². The zero-order valence-corrected chi connectivity index (χ0v) is 13.7. The summed E-state index contributed by atoms with van der Waals surface area (Å²) in [5, 5.41) is 9.82. The summed E-state index contributed by atoms with van der Waals surface area (Å²) in [6.07, 6.45) is -0.974. The molecular formula is C11H12BFIO5P. The summed E-state index contributed by atoms with van der Waals surface area (Å²) in [5.74, 6) is -0.725. The fraction of sp³-hybridized carbons (Fsp3) is 0.364. The Morgan fingerprint density at radius 1 is 1.65 bits per heavy atom. The molecule has 2 atom stereocenters. The van der Waals surface area contributed by atoms with Crippen LogP contribution in [0.25, 0.3) is 0 Å². The van der Waals surface area contributed by atoms with E-state index in [-0.39, 0.29) is 25.0 Å². The molecule has 1 aromatic carbocycles. The van der Waals surface area contributed by atoms with Crippen LogP contribution in [0.2, 0.25) is 0 Å². The average molecular weight is 412 g/mol. The van der Waals surface area contributed by atoms with Gasteiger partial charge in [-0.1, -0.05) is 0 Å². The molecule has 1 aromatic rings.